The fourth-order valence-electron chi connectivity index (χ4n) is 4.04. The largest absolute Gasteiger partial charge is 0.297 e. The van der Waals surface area contributed by atoms with E-state index in [-0.39, 0.29) is 0 Å². The molecule has 0 aromatic heterocycles. The summed E-state index contributed by atoms with van der Waals surface area (Å²) < 4.78 is 87.9. The second kappa shape index (κ2) is 17.7. The van der Waals surface area contributed by atoms with Crippen LogP contribution in [0.15, 0.2) is 46.2 Å². The SMILES string of the molecule is CCCCCCCCc1ccc(S(=O)(=O)O)c(F)c1.CCCCCCCCc1ccc(S(=O)(=O)O)c(F)c1. The number of rotatable bonds is 16. The second-order valence-corrected chi connectivity index (χ2v) is 12.3. The van der Waals surface area contributed by atoms with E-state index in [9.17, 15) is 25.6 Å². The predicted molar refractivity (Wildman–Crippen MR) is 147 cm³/mol. The zero-order valence-electron chi connectivity index (χ0n) is 22.5. The van der Waals surface area contributed by atoms with Crippen LogP contribution in [0.2, 0.25) is 0 Å². The molecule has 2 N–H and O–H groups in total. The van der Waals surface area contributed by atoms with Crippen LogP contribution in [-0.2, 0) is 33.1 Å². The zero-order valence-corrected chi connectivity index (χ0v) is 24.1. The van der Waals surface area contributed by atoms with Gasteiger partial charge in [0.15, 0.2) is 0 Å². The van der Waals surface area contributed by atoms with Crippen molar-refractivity contribution < 1.29 is 34.7 Å². The Morgan fingerprint density at radius 1 is 0.553 bits per heavy atom. The molecule has 0 heterocycles. The van der Waals surface area contributed by atoms with Gasteiger partial charge in [0, 0.05) is 0 Å². The molecular weight excluding hydrogens is 534 g/mol. The minimum atomic E-state index is -4.46. The van der Waals surface area contributed by atoms with Crippen molar-refractivity contribution in [1.29, 1.82) is 0 Å². The average Bonchev–Trinajstić information content (AvgIpc) is 2.82. The Labute approximate surface area is 227 Å². The van der Waals surface area contributed by atoms with Crippen molar-refractivity contribution in [3.63, 3.8) is 0 Å². The monoisotopic (exact) mass is 576 g/mol. The first-order valence-corrected chi connectivity index (χ1v) is 16.3. The van der Waals surface area contributed by atoms with E-state index in [4.69, 9.17) is 9.11 Å². The molecule has 0 saturated heterocycles. The van der Waals surface area contributed by atoms with E-state index in [1.165, 1.54) is 63.5 Å². The Balaban J connectivity index is 0.000000380. The van der Waals surface area contributed by atoms with Crippen molar-refractivity contribution in [3.8, 4) is 0 Å². The number of aryl methyl sites for hydroxylation is 2. The fourth-order valence-corrected chi connectivity index (χ4v) is 5.13. The van der Waals surface area contributed by atoms with Crippen molar-refractivity contribution in [1.82, 2.24) is 0 Å². The summed E-state index contributed by atoms with van der Waals surface area (Å²) in [6, 6.07) is 7.73. The van der Waals surface area contributed by atoms with Gasteiger partial charge in [0.2, 0.25) is 0 Å². The number of hydrogen-bond acceptors (Lipinski definition) is 4. The molecule has 0 saturated carbocycles. The van der Waals surface area contributed by atoms with Crippen molar-refractivity contribution in [2.45, 2.75) is 114 Å². The minimum Gasteiger partial charge on any atom is -0.282 e. The molecule has 0 spiro atoms. The third-order valence-electron chi connectivity index (χ3n) is 6.19. The van der Waals surface area contributed by atoms with E-state index in [1.807, 2.05) is 0 Å². The molecule has 0 aliphatic heterocycles. The lowest BCUT2D eigenvalue weighted by atomic mass is 10.0. The van der Waals surface area contributed by atoms with E-state index in [0.29, 0.717) is 0 Å². The van der Waals surface area contributed by atoms with Crippen LogP contribution in [-0.4, -0.2) is 25.9 Å². The van der Waals surface area contributed by atoms with Crippen LogP contribution in [0.5, 0.6) is 0 Å². The van der Waals surface area contributed by atoms with Crippen molar-refractivity contribution in [3.05, 3.63) is 59.2 Å². The molecule has 2 rings (SSSR count). The fraction of sp³-hybridized carbons (Fsp3) is 0.571. The zero-order chi connectivity index (χ0) is 28.6. The van der Waals surface area contributed by atoms with Crippen LogP contribution in [0.4, 0.5) is 8.78 Å². The first kappa shape index (κ1) is 34.1. The van der Waals surface area contributed by atoms with Gasteiger partial charge in [0.25, 0.3) is 20.2 Å². The molecule has 10 heteroatoms. The van der Waals surface area contributed by atoms with Gasteiger partial charge in [-0.15, -0.1) is 0 Å². The van der Waals surface area contributed by atoms with Gasteiger partial charge in [-0.2, -0.15) is 16.8 Å². The molecule has 38 heavy (non-hydrogen) atoms. The molecule has 0 radical (unpaired) electrons. The van der Waals surface area contributed by atoms with Gasteiger partial charge in [0.05, 0.1) is 0 Å². The second-order valence-electron chi connectivity index (χ2n) is 9.52. The molecule has 0 bridgehead atoms. The van der Waals surface area contributed by atoms with Gasteiger partial charge in [-0.05, 0) is 61.1 Å². The highest BCUT2D eigenvalue weighted by Crippen LogP contribution is 2.19. The minimum absolute atomic E-state index is 0.654. The Bertz CT molecular complexity index is 1090. The van der Waals surface area contributed by atoms with Crippen LogP contribution in [0.25, 0.3) is 0 Å². The lowest BCUT2D eigenvalue weighted by Gasteiger charge is -2.04. The molecule has 0 fully saturated rings. The summed E-state index contributed by atoms with van der Waals surface area (Å²) in [6.07, 6.45) is 15.3. The van der Waals surface area contributed by atoms with Crippen LogP contribution in [0.1, 0.15) is 102 Å². The maximum Gasteiger partial charge on any atom is 0.297 e. The molecule has 0 aliphatic rings. The van der Waals surface area contributed by atoms with Crippen LogP contribution in [0.3, 0.4) is 0 Å². The number of hydrogen-bond donors (Lipinski definition) is 2. The molecule has 0 amide bonds. The van der Waals surface area contributed by atoms with Crippen LogP contribution < -0.4 is 0 Å². The van der Waals surface area contributed by atoms with E-state index >= 15 is 0 Å². The highest BCUT2D eigenvalue weighted by Gasteiger charge is 2.16. The van der Waals surface area contributed by atoms with Gasteiger partial charge in [-0.1, -0.05) is 90.2 Å². The summed E-state index contributed by atoms with van der Waals surface area (Å²) in [4.78, 5) is -1.31. The summed E-state index contributed by atoms with van der Waals surface area (Å²) in [7, 11) is -8.92. The summed E-state index contributed by atoms with van der Waals surface area (Å²) in [5, 5.41) is 0. The van der Waals surface area contributed by atoms with Gasteiger partial charge in [-0.3, -0.25) is 9.11 Å². The lowest BCUT2D eigenvalue weighted by Crippen LogP contribution is -2.02. The van der Waals surface area contributed by atoms with E-state index in [2.05, 4.69) is 13.8 Å². The van der Waals surface area contributed by atoms with Crippen molar-refractivity contribution in [2.75, 3.05) is 0 Å². The summed E-state index contributed by atoms with van der Waals surface area (Å²) in [5.74, 6) is -1.77. The first-order valence-electron chi connectivity index (χ1n) is 13.4. The molecule has 216 valence electrons. The highest BCUT2D eigenvalue weighted by molar-refractivity contribution is 7.86. The van der Waals surface area contributed by atoms with Gasteiger partial charge < -0.3 is 0 Å². The van der Waals surface area contributed by atoms with Crippen LogP contribution in [0, 0.1) is 11.6 Å². The first-order chi connectivity index (χ1) is 17.9. The quantitative estimate of drug-likeness (QED) is 0.155. The normalized spacial score (nSPS) is 11.7. The summed E-state index contributed by atoms with van der Waals surface area (Å²) in [6.45, 7) is 4.33. The maximum absolute atomic E-state index is 13.5. The smallest absolute Gasteiger partial charge is 0.282 e. The third kappa shape index (κ3) is 13.8. The predicted octanol–water partition coefficient (Wildman–Crippen LogP) is 7.95. The third-order valence-corrected chi connectivity index (χ3v) is 7.96. The molecule has 0 unspecified atom stereocenters. The Kier molecular flexibility index (Phi) is 15.9. The molecule has 0 aliphatic carbocycles. The van der Waals surface area contributed by atoms with E-state index in [1.54, 1.807) is 12.1 Å². The van der Waals surface area contributed by atoms with Crippen molar-refractivity contribution >= 4 is 20.2 Å². The maximum atomic E-state index is 13.5. The average molecular weight is 577 g/mol. The van der Waals surface area contributed by atoms with E-state index < -0.39 is 41.7 Å². The number of benzene rings is 2. The van der Waals surface area contributed by atoms with E-state index in [0.717, 1.165) is 61.8 Å². The molecular formula is C28H42F2O6S2. The number of unbranched alkanes of at least 4 members (excludes halogenated alkanes) is 10. The summed E-state index contributed by atoms with van der Waals surface area (Å²) >= 11 is 0. The molecule has 2 aromatic rings. The molecule has 2 aromatic carbocycles. The highest BCUT2D eigenvalue weighted by atomic mass is 32.2. The number of halogens is 2. The summed E-state index contributed by atoms with van der Waals surface area (Å²) in [5.41, 5.74) is 1.53. The topological polar surface area (TPSA) is 109 Å². The standard InChI is InChI=1S/2C14H21FO3S/c2*1-2-3-4-5-6-7-8-12-9-10-14(13(15)11-12)19(16,17)18/h2*9-11H,2-8H2,1H3,(H,16,17,18). The van der Waals surface area contributed by atoms with Crippen LogP contribution >= 0.6 is 0 Å². The Morgan fingerprint density at radius 3 is 1.16 bits per heavy atom. The Hall–Kier alpha value is -1.88. The van der Waals surface area contributed by atoms with Crippen molar-refractivity contribution in [2.24, 2.45) is 0 Å². The Morgan fingerprint density at radius 2 is 0.868 bits per heavy atom. The molecule has 0 atom stereocenters. The van der Waals surface area contributed by atoms with Gasteiger partial charge >= 0.3 is 0 Å². The van der Waals surface area contributed by atoms with Gasteiger partial charge in [0.1, 0.15) is 21.4 Å². The van der Waals surface area contributed by atoms with Gasteiger partial charge in [-0.25, -0.2) is 8.78 Å². The molecule has 6 nitrogen and oxygen atoms in total. The lowest BCUT2D eigenvalue weighted by molar-refractivity contribution is 0.470.